The number of esters is 1. The van der Waals surface area contributed by atoms with Gasteiger partial charge in [-0.2, -0.15) is 0 Å². The van der Waals surface area contributed by atoms with Crippen LogP contribution in [0, 0.1) is 0 Å². The maximum Gasteiger partial charge on any atom is 0.361 e. The molecular formula is C15H12N4O3. The second-order valence-electron chi connectivity index (χ2n) is 4.41. The topological polar surface area (TPSA) is 104 Å². The van der Waals surface area contributed by atoms with Crippen LogP contribution in [0.2, 0.25) is 0 Å². The van der Waals surface area contributed by atoms with Gasteiger partial charge < -0.3 is 15.0 Å². The third-order valence-electron chi connectivity index (χ3n) is 2.89. The molecule has 0 saturated carbocycles. The summed E-state index contributed by atoms with van der Waals surface area (Å²) in [7, 11) is 0. The predicted octanol–water partition coefficient (Wildman–Crippen LogP) is 2.07. The molecule has 0 aliphatic rings. The molecule has 0 saturated heterocycles. The lowest BCUT2D eigenvalue weighted by atomic mass is 10.1. The third-order valence-corrected chi connectivity index (χ3v) is 2.89. The van der Waals surface area contributed by atoms with Gasteiger partial charge in [0.25, 0.3) is 0 Å². The number of nitrogens with two attached hydrogens (primary N) is 1. The molecule has 2 aromatic heterocycles. The first-order chi connectivity index (χ1) is 10.7. The summed E-state index contributed by atoms with van der Waals surface area (Å²) in [6.07, 6.45) is 2.77. The minimum absolute atomic E-state index is 0.0229. The fourth-order valence-corrected chi connectivity index (χ4v) is 1.84. The molecule has 0 spiro atoms. The standard InChI is InChI=1S/C15H12N4O3/c16-14-13(17-6-7-18-14)15(20)21-9-11-8-12(19-22-11)10-4-2-1-3-5-10/h1-8H,9H2,(H2,16,18). The maximum atomic E-state index is 11.8. The molecule has 2 N–H and O–H groups in total. The van der Waals surface area contributed by atoms with Gasteiger partial charge in [-0.1, -0.05) is 35.5 Å². The number of anilines is 1. The van der Waals surface area contributed by atoms with Crippen LogP contribution in [0.3, 0.4) is 0 Å². The number of benzene rings is 1. The lowest BCUT2D eigenvalue weighted by Crippen LogP contribution is -2.11. The molecule has 0 radical (unpaired) electrons. The minimum Gasteiger partial charge on any atom is -0.453 e. The zero-order valence-electron chi connectivity index (χ0n) is 11.5. The van der Waals surface area contributed by atoms with Gasteiger partial charge in [-0.3, -0.25) is 0 Å². The van der Waals surface area contributed by atoms with E-state index in [4.69, 9.17) is 15.0 Å². The van der Waals surface area contributed by atoms with Crippen LogP contribution in [0.1, 0.15) is 16.2 Å². The van der Waals surface area contributed by atoms with Gasteiger partial charge in [0.1, 0.15) is 5.69 Å². The quantitative estimate of drug-likeness (QED) is 0.735. The number of hydrogen-bond donors (Lipinski definition) is 1. The SMILES string of the molecule is Nc1nccnc1C(=O)OCc1cc(-c2ccccc2)no1. The minimum atomic E-state index is -0.664. The fourth-order valence-electron chi connectivity index (χ4n) is 1.84. The molecule has 0 aliphatic carbocycles. The van der Waals surface area contributed by atoms with Crippen molar-refractivity contribution in [2.75, 3.05) is 5.73 Å². The van der Waals surface area contributed by atoms with Crippen molar-refractivity contribution < 1.29 is 14.1 Å². The van der Waals surface area contributed by atoms with E-state index < -0.39 is 5.97 Å². The highest BCUT2D eigenvalue weighted by Gasteiger charge is 2.15. The van der Waals surface area contributed by atoms with E-state index in [1.807, 2.05) is 30.3 Å². The van der Waals surface area contributed by atoms with Gasteiger partial charge in [-0.05, 0) is 0 Å². The van der Waals surface area contributed by atoms with Gasteiger partial charge in [0, 0.05) is 24.0 Å². The molecule has 0 bridgehead atoms. The van der Waals surface area contributed by atoms with Crippen molar-refractivity contribution in [3.63, 3.8) is 0 Å². The second kappa shape index (κ2) is 6.04. The Bertz CT molecular complexity index is 786. The Morgan fingerprint density at radius 3 is 2.73 bits per heavy atom. The largest absolute Gasteiger partial charge is 0.453 e. The Balaban J connectivity index is 1.67. The third kappa shape index (κ3) is 2.93. The summed E-state index contributed by atoms with van der Waals surface area (Å²) in [6, 6.07) is 11.3. The number of ether oxygens (including phenoxy) is 1. The molecular weight excluding hydrogens is 284 g/mol. The first-order valence-corrected chi connectivity index (χ1v) is 6.48. The van der Waals surface area contributed by atoms with Crippen LogP contribution in [-0.2, 0) is 11.3 Å². The predicted molar refractivity (Wildman–Crippen MR) is 77.5 cm³/mol. The van der Waals surface area contributed by atoms with Crippen molar-refractivity contribution in [2.45, 2.75) is 6.61 Å². The van der Waals surface area contributed by atoms with Crippen LogP contribution >= 0.6 is 0 Å². The first kappa shape index (κ1) is 13.7. The molecule has 0 amide bonds. The molecule has 3 aromatic rings. The number of nitrogen functional groups attached to an aromatic ring is 1. The van der Waals surface area contributed by atoms with E-state index in [0.29, 0.717) is 11.5 Å². The first-order valence-electron chi connectivity index (χ1n) is 6.48. The summed E-state index contributed by atoms with van der Waals surface area (Å²) in [5.41, 5.74) is 7.13. The molecule has 110 valence electrons. The number of aromatic nitrogens is 3. The molecule has 7 heteroatoms. The van der Waals surface area contributed by atoms with E-state index in [1.165, 1.54) is 12.4 Å². The van der Waals surface area contributed by atoms with Crippen LogP contribution in [0.4, 0.5) is 5.82 Å². The van der Waals surface area contributed by atoms with E-state index in [9.17, 15) is 4.79 Å². The van der Waals surface area contributed by atoms with E-state index >= 15 is 0 Å². The molecule has 2 heterocycles. The van der Waals surface area contributed by atoms with Crippen LogP contribution in [-0.4, -0.2) is 21.1 Å². The summed E-state index contributed by atoms with van der Waals surface area (Å²) in [6.45, 7) is -0.0608. The smallest absolute Gasteiger partial charge is 0.361 e. The summed E-state index contributed by atoms with van der Waals surface area (Å²) in [5.74, 6) is -0.215. The van der Waals surface area contributed by atoms with E-state index in [1.54, 1.807) is 6.07 Å². The van der Waals surface area contributed by atoms with Crippen LogP contribution in [0.15, 0.2) is 53.3 Å². The number of nitrogens with zero attached hydrogens (tertiary/aromatic N) is 3. The lowest BCUT2D eigenvalue weighted by molar-refractivity contribution is 0.0431. The van der Waals surface area contributed by atoms with Crippen molar-refractivity contribution in [1.82, 2.24) is 15.1 Å². The highest BCUT2D eigenvalue weighted by atomic mass is 16.5. The van der Waals surface area contributed by atoms with Crippen molar-refractivity contribution in [3.05, 3.63) is 60.2 Å². The monoisotopic (exact) mass is 296 g/mol. The number of carbonyl (C=O) groups is 1. The van der Waals surface area contributed by atoms with Gasteiger partial charge in [0.05, 0.1) is 0 Å². The molecule has 0 unspecified atom stereocenters. The number of carbonyl (C=O) groups excluding carboxylic acids is 1. The van der Waals surface area contributed by atoms with E-state index in [-0.39, 0.29) is 18.1 Å². The molecule has 0 fully saturated rings. The summed E-state index contributed by atoms with van der Waals surface area (Å²) >= 11 is 0. The average molecular weight is 296 g/mol. The van der Waals surface area contributed by atoms with Crippen molar-refractivity contribution in [3.8, 4) is 11.3 Å². The van der Waals surface area contributed by atoms with Gasteiger partial charge in [-0.15, -0.1) is 0 Å². The number of rotatable bonds is 4. The van der Waals surface area contributed by atoms with E-state index in [0.717, 1.165) is 5.56 Å². The Labute approximate surface area is 125 Å². The molecule has 1 aromatic carbocycles. The molecule has 0 aliphatic heterocycles. The van der Waals surface area contributed by atoms with E-state index in [2.05, 4.69) is 15.1 Å². The van der Waals surface area contributed by atoms with Gasteiger partial charge in [-0.25, -0.2) is 14.8 Å². The Hall–Kier alpha value is -3.22. The molecule has 7 nitrogen and oxygen atoms in total. The Morgan fingerprint density at radius 1 is 1.18 bits per heavy atom. The van der Waals surface area contributed by atoms with Gasteiger partial charge in [0.15, 0.2) is 23.9 Å². The highest BCUT2D eigenvalue weighted by molar-refractivity contribution is 5.91. The molecule has 22 heavy (non-hydrogen) atoms. The van der Waals surface area contributed by atoms with Crippen LogP contribution in [0.25, 0.3) is 11.3 Å². The fraction of sp³-hybridized carbons (Fsp3) is 0.0667. The Morgan fingerprint density at radius 2 is 1.95 bits per heavy atom. The number of hydrogen-bond acceptors (Lipinski definition) is 7. The van der Waals surface area contributed by atoms with Crippen LogP contribution < -0.4 is 5.73 Å². The van der Waals surface area contributed by atoms with Gasteiger partial charge >= 0.3 is 5.97 Å². The zero-order chi connectivity index (χ0) is 15.4. The molecule has 3 rings (SSSR count). The lowest BCUT2D eigenvalue weighted by Gasteiger charge is -2.02. The van der Waals surface area contributed by atoms with Crippen molar-refractivity contribution >= 4 is 11.8 Å². The van der Waals surface area contributed by atoms with Crippen molar-refractivity contribution in [1.29, 1.82) is 0 Å². The second-order valence-corrected chi connectivity index (χ2v) is 4.41. The maximum absolute atomic E-state index is 11.8. The van der Waals surface area contributed by atoms with Gasteiger partial charge in [0.2, 0.25) is 0 Å². The zero-order valence-corrected chi connectivity index (χ0v) is 11.5. The summed E-state index contributed by atoms with van der Waals surface area (Å²) in [5, 5.41) is 3.94. The summed E-state index contributed by atoms with van der Waals surface area (Å²) < 4.78 is 10.2. The highest BCUT2D eigenvalue weighted by Crippen LogP contribution is 2.19. The molecule has 0 atom stereocenters. The van der Waals surface area contributed by atoms with Crippen LogP contribution in [0.5, 0.6) is 0 Å². The Kier molecular flexibility index (Phi) is 3.78. The normalized spacial score (nSPS) is 10.4. The van der Waals surface area contributed by atoms with Crippen molar-refractivity contribution in [2.24, 2.45) is 0 Å². The summed E-state index contributed by atoms with van der Waals surface area (Å²) in [4.78, 5) is 19.5. The average Bonchev–Trinajstić information content (AvgIpc) is 3.03.